The maximum absolute atomic E-state index is 12.2. The van der Waals surface area contributed by atoms with Crippen molar-refractivity contribution in [1.82, 2.24) is 4.98 Å². The first-order valence-electron chi connectivity index (χ1n) is 7.72. The molecule has 5 nitrogen and oxygen atoms in total. The highest BCUT2D eigenvalue weighted by molar-refractivity contribution is 9.10. The van der Waals surface area contributed by atoms with Gasteiger partial charge >= 0.3 is 5.63 Å². The number of hydrogen-bond donors (Lipinski definition) is 1. The molecule has 0 fully saturated rings. The number of nitrogens with one attached hydrogen (secondary N) is 1. The molecule has 0 amide bonds. The van der Waals surface area contributed by atoms with Crippen LogP contribution >= 0.6 is 27.3 Å². The van der Waals surface area contributed by atoms with E-state index >= 15 is 0 Å². The molecule has 0 aliphatic carbocycles. The van der Waals surface area contributed by atoms with Crippen molar-refractivity contribution in [2.24, 2.45) is 5.10 Å². The smallest absolute Gasteiger partial charge is 0.345 e. The first-order chi connectivity index (χ1) is 12.7. The van der Waals surface area contributed by atoms with Crippen molar-refractivity contribution in [2.75, 3.05) is 5.43 Å². The Morgan fingerprint density at radius 3 is 2.81 bits per heavy atom. The number of hydrogen-bond acceptors (Lipinski definition) is 6. The van der Waals surface area contributed by atoms with E-state index in [0.717, 1.165) is 15.4 Å². The molecule has 2 aromatic heterocycles. The fraction of sp³-hybridized carbons (Fsp3) is 0. The molecule has 128 valence electrons. The lowest BCUT2D eigenvalue weighted by Crippen LogP contribution is -2.02. The van der Waals surface area contributed by atoms with Crippen molar-refractivity contribution < 1.29 is 4.42 Å². The first kappa shape index (κ1) is 16.7. The van der Waals surface area contributed by atoms with Crippen LogP contribution in [0.15, 0.2) is 78.8 Å². The minimum atomic E-state index is -0.404. The Hall–Kier alpha value is -2.77. The third-order valence-corrected chi connectivity index (χ3v) is 4.94. The SMILES string of the molecule is O=c1oc2ccccc2cc1-c1csc(N/N=C/c2ccc(Br)cc2)n1. The molecule has 4 rings (SSSR count). The molecule has 0 spiro atoms. The zero-order valence-corrected chi connectivity index (χ0v) is 15.8. The summed E-state index contributed by atoms with van der Waals surface area (Å²) >= 11 is 4.77. The summed E-state index contributed by atoms with van der Waals surface area (Å²) in [5.41, 5.74) is 5.01. The first-order valence-corrected chi connectivity index (χ1v) is 9.40. The van der Waals surface area contributed by atoms with Crippen LogP contribution in [0.3, 0.4) is 0 Å². The molecule has 0 saturated carbocycles. The van der Waals surface area contributed by atoms with E-state index in [1.165, 1.54) is 11.3 Å². The topological polar surface area (TPSA) is 67.5 Å². The number of hydrazone groups is 1. The van der Waals surface area contributed by atoms with Gasteiger partial charge in [-0.25, -0.2) is 9.78 Å². The second-order valence-electron chi connectivity index (χ2n) is 5.44. The van der Waals surface area contributed by atoms with Crippen LogP contribution in [0.25, 0.3) is 22.2 Å². The molecule has 0 aliphatic heterocycles. The fourth-order valence-electron chi connectivity index (χ4n) is 2.40. The van der Waals surface area contributed by atoms with Crippen molar-refractivity contribution in [1.29, 1.82) is 0 Å². The second-order valence-corrected chi connectivity index (χ2v) is 7.22. The van der Waals surface area contributed by atoms with Gasteiger partial charge < -0.3 is 4.42 Å². The van der Waals surface area contributed by atoms with E-state index in [9.17, 15) is 4.79 Å². The summed E-state index contributed by atoms with van der Waals surface area (Å²) < 4.78 is 6.38. The third kappa shape index (κ3) is 3.58. The molecule has 2 aromatic carbocycles. The maximum atomic E-state index is 12.2. The highest BCUT2D eigenvalue weighted by atomic mass is 79.9. The average molecular weight is 426 g/mol. The molecule has 7 heteroatoms. The van der Waals surface area contributed by atoms with Crippen LogP contribution in [0.5, 0.6) is 0 Å². The van der Waals surface area contributed by atoms with Crippen molar-refractivity contribution in [3.63, 3.8) is 0 Å². The molecule has 0 saturated heterocycles. The zero-order valence-electron chi connectivity index (χ0n) is 13.3. The van der Waals surface area contributed by atoms with E-state index in [0.29, 0.717) is 22.0 Å². The van der Waals surface area contributed by atoms with Crippen molar-refractivity contribution in [2.45, 2.75) is 0 Å². The van der Waals surface area contributed by atoms with Gasteiger partial charge in [-0.05, 0) is 29.8 Å². The Morgan fingerprint density at radius 1 is 1.15 bits per heavy atom. The standard InChI is InChI=1S/C19H12BrN3O2S/c20-14-7-5-12(6-8-14)10-21-23-19-22-16(11-26-19)15-9-13-3-1-2-4-17(13)25-18(15)24/h1-11H,(H,22,23)/b21-10+. The lowest BCUT2D eigenvalue weighted by atomic mass is 10.1. The molecule has 0 unspecified atom stereocenters. The van der Waals surface area contributed by atoms with Crippen LogP contribution in [0, 0.1) is 0 Å². The lowest BCUT2D eigenvalue weighted by Gasteiger charge is -1.99. The number of halogens is 1. The highest BCUT2D eigenvalue weighted by Crippen LogP contribution is 2.25. The average Bonchev–Trinajstić information content (AvgIpc) is 3.11. The number of aromatic nitrogens is 1. The fourth-order valence-corrected chi connectivity index (χ4v) is 3.32. The quantitative estimate of drug-likeness (QED) is 0.279. The summed E-state index contributed by atoms with van der Waals surface area (Å²) in [6, 6.07) is 17.0. The van der Waals surface area contributed by atoms with Crippen LogP contribution in [0.1, 0.15) is 5.56 Å². The molecule has 0 aliphatic rings. The number of nitrogens with zero attached hydrogens (tertiary/aromatic N) is 2. The number of rotatable bonds is 4. The van der Waals surface area contributed by atoms with Crippen LogP contribution in [-0.2, 0) is 0 Å². The van der Waals surface area contributed by atoms with Gasteiger partial charge in [0.2, 0.25) is 5.13 Å². The predicted octanol–water partition coefficient (Wildman–Crippen LogP) is 5.13. The number of benzene rings is 2. The largest absolute Gasteiger partial charge is 0.422 e. The van der Waals surface area contributed by atoms with Gasteiger partial charge in [-0.3, -0.25) is 5.43 Å². The lowest BCUT2D eigenvalue weighted by molar-refractivity contribution is 0.563. The number of anilines is 1. The van der Waals surface area contributed by atoms with Gasteiger partial charge in [0.05, 0.1) is 17.5 Å². The van der Waals surface area contributed by atoms with E-state index in [4.69, 9.17) is 4.42 Å². The van der Waals surface area contributed by atoms with Gasteiger partial charge in [0.15, 0.2) is 0 Å². The molecule has 2 heterocycles. The Kier molecular flexibility index (Phi) is 4.64. The summed E-state index contributed by atoms with van der Waals surface area (Å²) in [5.74, 6) is 0. The summed E-state index contributed by atoms with van der Waals surface area (Å²) in [5, 5.41) is 7.44. The Balaban J connectivity index is 1.55. The zero-order chi connectivity index (χ0) is 17.9. The Morgan fingerprint density at radius 2 is 1.96 bits per heavy atom. The monoisotopic (exact) mass is 425 g/mol. The molecule has 1 N–H and O–H groups in total. The molecular weight excluding hydrogens is 414 g/mol. The third-order valence-electron chi connectivity index (χ3n) is 3.67. The maximum Gasteiger partial charge on any atom is 0.345 e. The second kappa shape index (κ2) is 7.23. The minimum absolute atomic E-state index is 0.404. The summed E-state index contributed by atoms with van der Waals surface area (Å²) in [6.07, 6.45) is 1.71. The van der Waals surface area contributed by atoms with Gasteiger partial charge in [-0.1, -0.05) is 46.3 Å². The van der Waals surface area contributed by atoms with E-state index < -0.39 is 5.63 Å². The van der Waals surface area contributed by atoms with Gasteiger partial charge in [0.1, 0.15) is 5.58 Å². The van der Waals surface area contributed by atoms with Gasteiger partial charge in [0.25, 0.3) is 0 Å². The van der Waals surface area contributed by atoms with Crippen LogP contribution in [-0.4, -0.2) is 11.2 Å². The van der Waals surface area contributed by atoms with Crippen molar-refractivity contribution in [3.8, 4) is 11.3 Å². The highest BCUT2D eigenvalue weighted by Gasteiger charge is 2.11. The summed E-state index contributed by atoms with van der Waals surface area (Å²) in [6.45, 7) is 0. The number of para-hydroxylation sites is 1. The van der Waals surface area contributed by atoms with E-state index in [1.54, 1.807) is 23.7 Å². The van der Waals surface area contributed by atoms with Crippen molar-refractivity contribution in [3.05, 3.63) is 80.4 Å². The number of fused-ring (bicyclic) bond motifs is 1. The van der Waals surface area contributed by atoms with Crippen LogP contribution in [0.2, 0.25) is 0 Å². The molecule has 4 aromatic rings. The van der Waals surface area contributed by atoms with Gasteiger partial charge in [-0.2, -0.15) is 5.10 Å². The van der Waals surface area contributed by atoms with Crippen molar-refractivity contribution >= 4 is 49.6 Å². The minimum Gasteiger partial charge on any atom is -0.422 e. The van der Waals surface area contributed by atoms with E-state index in [-0.39, 0.29) is 0 Å². The molecule has 0 atom stereocenters. The molecule has 26 heavy (non-hydrogen) atoms. The summed E-state index contributed by atoms with van der Waals surface area (Å²) in [4.78, 5) is 16.6. The van der Waals surface area contributed by atoms with Gasteiger partial charge in [-0.15, -0.1) is 11.3 Å². The van der Waals surface area contributed by atoms with Gasteiger partial charge in [0, 0.05) is 15.2 Å². The van der Waals surface area contributed by atoms with E-state index in [1.807, 2.05) is 42.5 Å². The molecule has 0 radical (unpaired) electrons. The van der Waals surface area contributed by atoms with E-state index in [2.05, 4.69) is 31.4 Å². The summed E-state index contributed by atoms with van der Waals surface area (Å²) in [7, 11) is 0. The molecule has 0 bridgehead atoms. The predicted molar refractivity (Wildman–Crippen MR) is 109 cm³/mol. The number of thiazole rings is 1. The van der Waals surface area contributed by atoms with Crippen LogP contribution in [0.4, 0.5) is 5.13 Å². The molecular formula is C19H12BrN3O2S. The Bertz CT molecular complexity index is 1150. The Labute approximate surface area is 161 Å². The normalized spacial score (nSPS) is 11.3. The van der Waals surface area contributed by atoms with Crippen LogP contribution < -0.4 is 11.1 Å².